The van der Waals surface area contributed by atoms with Crippen molar-refractivity contribution in [2.45, 2.75) is 6.92 Å². The molecule has 0 radical (unpaired) electrons. The lowest BCUT2D eigenvalue weighted by molar-refractivity contribution is -0.402. The van der Waals surface area contributed by atoms with Crippen LogP contribution in [0, 0.1) is 17.0 Å². The summed E-state index contributed by atoms with van der Waals surface area (Å²) < 4.78 is 10.3. The van der Waals surface area contributed by atoms with Gasteiger partial charge in [-0.25, -0.2) is 4.98 Å². The number of nitrogens with one attached hydrogen (secondary N) is 1. The highest BCUT2D eigenvalue weighted by atomic mass is 16.6. The van der Waals surface area contributed by atoms with Crippen molar-refractivity contribution in [2.75, 3.05) is 36.6 Å². The quantitative estimate of drug-likeness (QED) is 0.498. The zero-order valence-electron chi connectivity index (χ0n) is 13.0. The van der Waals surface area contributed by atoms with E-state index in [0.717, 1.165) is 18.8 Å². The molecule has 1 fully saturated rings. The van der Waals surface area contributed by atoms with Crippen molar-refractivity contribution in [3.05, 3.63) is 39.8 Å². The van der Waals surface area contributed by atoms with Gasteiger partial charge in [0.2, 0.25) is 5.95 Å². The normalized spacial score (nSPS) is 15.0. The molecule has 0 amide bonds. The molecule has 0 saturated carbocycles. The van der Waals surface area contributed by atoms with Crippen molar-refractivity contribution in [3.63, 3.8) is 0 Å². The lowest BCUT2D eigenvalue weighted by atomic mass is 10.4. The Morgan fingerprint density at radius 3 is 2.88 bits per heavy atom. The van der Waals surface area contributed by atoms with E-state index >= 15 is 0 Å². The fraction of sp³-hybridized carbons (Fsp3) is 0.357. The Morgan fingerprint density at radius 1 is 1.38 bits per heavy atom. The third-order valence-corrected chi connectivity index (χ3v) is 3.30. The summed E-state index contributed by atoms with van der Waals surface area (Å²) in [5.74, 6) is 1.09. The fourth-order valence-corrected chi connectivity index (χ4v) is 2.19. The van der Waals surface area contributed by atoms with Crippen LogP contribution in [0.5, 0.6) is 0 Å². The van der Waals surface area contributed by atoms with Gasteiger partial charge in [-0.05, 0) is 13.0 Å². The number of hydrazone groups is 1. The number of hydrogen-bond acceptors (Lipinski definition) is 9. The average Bonchev–Trinajstić information content (AvgIpc) is 3.04. The molecule has 2 aromatic rings. The van der Waals surface area contributed by atoms with Crippen LogP contribution in [0.25, 0.3) is 0 Å². The van der Waals surface area contributed by atoms with Gasteiger partial charge in [0.1, 0.15) is 4.92 Å². The molecule has 0 aromatic carbocycles. The van der Waals surface area contributed by atoms with Crippen molar-refractivity contribution in [2.24, 2.45) is 5.10 Å². The van der Waals surface area contributed by atoms with Gasteiger partial charge in [-0.15, -0.1) is 0 Å². The number of nitrogens with zero attached hydrogens (tertiary/aromatic N) is 5. The number of aromatic nitrogens is 2. The van der Waals surface area contributed by atoms with Crippen LogP contribution in [0.4, 0.5) is 17.7 Å². The van der Waals surface area contributed by atoms with Crippen molar-refractivity contribution in [1.29, 1.82) is 0 Å². The van der Waals surface area contributed by atoms with Gasteiger partial charge in [-0.2, -0.15) is 10.1 Å². The van der Waals surface area contributed by atoms with Crippen LogP contribution in [0.3, 0.4) is 0 Å². The van der Waals surface area contributed by atoms with E-state index < -0.39 is 4.92 Å². The zero-order valence-corrected chi connectivity index (χ0v) is 13.0. The van der Waals surface area contributed by atoms with Crippen molar-refractivity contribution in [3.8, 4) is 0 Å². The van der Waals surface area contributed by atoms with Crippen LogP contribution in [0.1, 0.15) is 11.5 Å². The van der Waals surface area contributed by atoms with Crippen molar-refractivity contribution >= 4 is 23.9 Å². The number of furan rings is 1. The third-order valence-electron chi connectivity index (χ3n) is 3.30. The molecule has 24 heavy (non-hydrogen) atoms. The molecule has 0 bridgehead atoms. The van der Waals surface area contributed by atoms with Crippen LogP contribution in [-0.4, -0.2) is 47.4 Å². The monoisotopic (exact) mass is 332 g/mol. The highest BCUT2D eigenvalue weighted by molar-refractivity contribution is 5.76. The second-order valence-electron chi connectivity index (χ2n) is 5.10. The first-order valence-corrected chi connectivity index (χ1v) is 7.33. The number of hydrogen-bond donors (Lipinski definition) is 1. The summed E-state index contributed by atoms with van der Waals surface area (Å²) in [5.41, 5.74) is 3.59. The summed E-state index contributed by atoms with van der Waals surface area (Å²) in [6, 6.07) is 4.49. The largest absolute Gasteiger partial charge is 0.433 e. The predicted octanol–water partition coefficient (Wildman–Crippen LogP) is 1.57. The molecule has 10 nitrogen and oxygen atoms in total. The molecular formula is C14H16N6O4. The van der Waals surface area contributed by atoms with E-state index in [-0.39, 0.29) is 11.6 Å². The zero-order chi connectivity index (χ0) is 16.9. The maximum Gasteiger partial charge on any atom is 0.433 e. The molecule has 0 atom stereocenters. The number of morpholine rings is 1. The van der Waals surface area contributed by atoms with E-state index in [2.05, 4.69) is 20.5 Å². The van der Waals surface area contributed by atoms with Crippen LogP contribution in [0.15, 0.2) is 27.7 Å². The fourth-order valence-electron chi connectivity index (χ4n) is 2.19. The SMILES string of the molecule is Cc1cc(N/N=C\c2ccc([N+](=O)[O-])o2)nc(N2CCOCC2)n1. The maximum absolute atomic E-state index is 10.6. The Hall–Kier alpha value is -3.01. The van der Waals surface area contributed by atoms with E-state index in [0.29, 0.717) is 25.0 Å². The average molecular weight is 332 g/mol. The first-order valence-electron chi connectivity index (χ1n) is 7.33. The molecule has 1 aliphatic rings. The lowest BCUT2D eigenvalue weighted by Gasteiger charge is -2.27. The molecule has 126 valence electrons. The number of anilines is 2. The van der Waals surface area contributed by atoms with Gasteiger partial charge in [0.05, 0.1) is 25.5 Å². The summed E-state index contributed by atoms with van der Waals surface area (Å²) in [6.07, 6.45) is 1.35. The van der Waals surface area contributed by atoms with Gasteiger partial charge >= 0.3 is 5.88 Å². The van der Waals surface area contributed by atoms with Gasteiger partial charge in [-0.1, -0.05) is 0 Å². The van der Waals surface area contributed by atoms with Gasteiger partial charge in [0.15, 0.2) is 11.6 Å². The maximum atomic E-state index is 10.6. The van der Waals surface area contributed by atoms with Crippen LogP contribution in [-0.2, 0) is 4.74 Å². The molecule has 0 unspecified atom stereocenters. The first-order chi connectivity index (χ1) is 11.6. The smallest absolute Gasteiger partial charge is 0.400 e. The number of nitro groups is 1. The summed E-state index contributed by atoms with van der Waals surface area (Å²) in [6.45, 7) is 4.64. The van der Waals surface area contributed by atoms with E-state index in [4.69, 9.17) is 9.15 Å². The van der Waals surface area contributed by atoms with E-state index in [1.807, 2.05) is 11.8 Å². The van der Waals surface area contributed by atoms with Gasteiger partial charge in [0.25, 0.3) is 0 Å². The Morgan fingerprint density at radius 2 is 2.17 bits per heavy atom. The second kappa shape index (κ2) is 7.04. The highest BCUT2D eigenvalue weighted by Crippen LogP contribution is 2.16. The topological polar surface area (TPSA) is 119 Å². The van der Waals surface area contributed by atoms with Crippen molar-refractivity contribution < 1.29 is 14.1 Å². The standard InChI is InChI=1S/C14H16N6O4/c1-10-8-12(17-14(16-10)19-4-6-23-7-5-19)18-15-9-11-2-3-13(24-11)20(21)22/h2-3,8-9H,4-7H2,1H3,(H,16,17,18)/b15-9-. The minimum Gasteiger partial charge on any atom is -0.400 e. The van der Waals surface area contributed by atoms with Gasteiger partial charge in [0, 0.05) is 24.8 Å². The van der Waals surface area contributed by atoms with Gasteiger partial charge in [-0.3, -0.25) is 15.5 Å². The van der Waals surface area contributed by atoms with Crippen molar-refractivity contribution in [1.82, 2.24) is 9.97 Å². The molecule has 3 rings (SSSR count). The Kier molecular flexibility index (Phi) is 4.66. The van der Waals surface area contributed by atoms with Crippen LogP contribution < -0.4 is 10.3 Å². The summed E-state index contributed by atoms with van der Waals surface area (Å²) in [5, 5.41) is 14.5. The second-order valence-corrected chi connectivity index (χ2v) is 5.10. The summed E-state index contributed by atoms with van der Waals surface area (Å²) in [7, 11) is 0. The summed E-state index contributed by atoms with van der Waals surface area (Å²) >= 11 is 0. The minimum atomic E-state index is -0.604. The number of ether oxygens (including phenoxy) is 1. The molecule has 1 saturated heterocycles. The predicted molar refractivity (Wildman–Crippen MR) is 86.4 cm³/mol. The summed E-state index contributed by atoms with van der Waals surface area (Å²) in [4.78, 5) is 20.8. The van der Waals surface area contributed by atoms with Crippen LogP contribution in [0.2, 0.25) is 0 Å². The molecule has 10 heteroatoms. The molecule has 1 aliphatic heterocycles. The van der Waals surface area contributed by atoms with Crippen LogP contribution >= 0.6 is 0 Å². The molecule has 0 spiro atoms. The Labute approximate surface area is 137 Å². The first kappa shape index (κ1) is 15.9. The number of aryl methyl sites for hydroxylation is 1. The van der Waals surface area contributed by atoms with E-state index in [9.17, 15) is 10.1 Å². The molecular weight excluding hydrogens is 316 g/mol. The molecule has 1 N–H and O–H groups in total. The lowest BCUT2D eigenvalue weighted by Crippen LogP contribution is -2.37. The minimum absolute atomic E-state index is 0.272. The molecule has 3 heterocycles. The van der Waals surface area contributed by atoms with E-state index in [1.54, 1.807) is 6.07 Å². The molecule has 2 aromatic heterocycles. The highest BCUT2D eigenvalue weighted by Gasteiger charge is 2.15. The Bertz CT molecular complexity index is 753. The van der Waals surface area contributed by atoms with E-state index in [1.165, 1.54) is 18.3 Å². The van der Waals surface area contributed by atoms with Gasteiger partial charge < -0.3 is 14.1 Å². The Balaban J connectivity index is 1.68. The third kappa shape index (κ3) is 3.84. The number of rotatable bonds is 5. The molecule has 0 aliphatic carbocycles.